The third-order valence-electron chi connectivity index (χ3n) is 2.58. The number of hydrogen-bond donors (Lipinski definition) is 1. The highest BCUT2D eigenvalue weighted by Gasteiger charge is 2.13. The van der Waals surface area contributed by atoms with E-state index in [4.69, 9.17) is 5.11 Å². The lowest BCUT2D eigenvalue weighted by Crippen LogP contribution is -2.03. The van der Waals surface area contributed by atoms with Gasteiger partial charge in [-0.05, 0) is 37.1 Å². The van der Waals surface area contributed by atoms with Gasteiger partial charge in [-0.25, -0.2) is 4.79 Å². The van der Waals surface area contributed by atoms with E-state index >= 15 is 0 Å². The summed E-state index contributed by atoms with van der Waals surface area (Å²) in [6.45, 7) is 3.62. The quantitative estimate of drug-likeness (QED) is 0.771. The van der Waals surface area contributed by atoms with E-state index in [9.17, 15) is 4.79 Å². The number of carboxylic acid groups (broad SMARTS) is 1. The number of carbonyl (C=O) groups is 1. The van der Waals surface area contributed by atoms with Crippen molar-refractivity contribution in [2.24, 2.45) is 0 Å². The molecule has 0 aliphatic rings. The average molecular weight is 201 g/mol. The second-order valence-electron chi connectivity index (χ2n) is 3.57. The maximum atomic E-state index is 11.1. The molecule has 0 saturated heterocycles. The zero-order valence-corrected chi connectivity index (χ0v) is 8.61. The van der Waals surface area contributed by atoms with Gasteiger partial charge in [0.25, 0.3) is 0 Å². The number of hydrogen-bond acceptors (Lipinski definition) is 2. The highest BCUT2D eigenvalue weighted by atomic mass is 16.4. The van der Waals surface area contributed by atoms with Crippen LogP contribution in [0.4, 0.5) is 0 Å². The Hall–Kier alpha value is -1.90. The van der Waals surface area contributed by atoms with Crippen molar-refractivity contribution in [3.8, 4) is 0 Å². The van der Waals surface area contributed by atoms with Crippen molar-refractivity contribution in [2.45, 2.75) is 13.8 Å². The second-order valence-corrected chi connectivity index (χ2v) is 3.57. The summed E-state index contributed by atoms with van der Waals surface area (Å²) in [5.74, 6) is -0.879. The largest absolute Gasteiger partial charge is 0.478 e. The molecule has 0 radical (unpaired) electrons. The fraction of sp³-hybridized carbons (Fsp3) is 0.167. The molecule has 0 aliphatic heterocycles. The predicted octanol–water partition coefficient (Wildman–Crippen LogP) is 2.55. The molecule has 2 rings (SSSR count). The van der Waals surface area contributed by atoms with Crippen LogP contribution in [0, 0.1) is 13.8 Å². The minimum absolute atomic E-state index is 0.385. The van der Waals surface area contributed by atoms with Crippen LogP contribution >= 0.6 is 0 Å². The van der Waals surface area contributed by atoms with Crippen LogP contribution in [0.5, 0.6) is 0 Å². The number of aromatic nitrogens is 1. The molecule has 0 atom stereocenters. The topological polar surface area (TPSA) is 50.2 Å². The summed E-state index contributed by atoms with van der Waals surface area (Å²) < 4.78 is 0. The predicted molar refractivity (Wildman–Crippen MR) is 58.2 cm³/mol. The number of aromatic carboxylic acids is 1. The van der Waals surface area contributed by atoms with E-state index in [1.165, 1.54) is 0 Å². The van der Waals surface area contributed by atoms with Gasteiger partial charge >= 0.3 is 5.97 Å². The first-order valence-corrected chi connectivity index (χ1v) is 4.69. The second kappa shape index (κ2) is 3.35. The van der Waals surface area contributed by atoms with E-state index in [1.807, 2.05) is 25.1 Å². The van der Waals surface area contributed by atoms with Crippen LogP contribution in [0.3, 0.4) is 0 Å². The molecule has 3 heteroatoms. The summed E-state index contributed by atoms with van der Waals surface area (Å²) in [5.41, 5.74) is 2.77. The van der Waals surface area contributed by atoms with Crippen molar-refractivity contribution >= 4 is 16.9 Å². The maximum absolute atomic E-state index is 11.1. The van der Waals surface area contributed by atoms with Crippen molar-refractivity contribution in [1.29, 1.82) is 0 Å². The third kappa shape index (κ3) is 1.46. The minimum Gasteiger partial charge on any atom is -0.478 e. The lowest BCUT2D eigenvalue weighted by Gasteiger charge is -2.08. The average Bonchev–Trinajstić information content (AvgIpc) is 2.17. The summed E-state index contributed by atoms with van der Waals surface area (Å²) in [6, 6.07) is 5.52. The molecule has 0 saturated carbocycles. The van der Waals surface area contributed by atoms with Crippen LogP contribution in [0.2, 0.25) is 0 Å². The summed E-state index contributed by atoms with van der Waals surface area (Å²) in [6.07, 6.45) is 1.71. The highest BCUT2D eigenvalue weighted by Crippen LogP contribution is 2.23. The van der Waals surface area contributed by atoms with Gasteiger partial charge in [0.1, 0.15) is 0 Å². The SMILES string of the molecule is Cc1cc2ncccc2c(C)c1C(=O)O. The number of carboxylic acids is 1. The minimum atomic E-state index is -0.879. The summed E-state index contributed by atoms with van der Waals surface area (Å²) in [5, 5.41) is 9.99. The summed E-state index contributed by atoms with van der Waals surface area (Å²) in [7, 11) is 0. The van der Waals surface area contributed by atoms with Gasteiger partial charge in [-0.1, -0.05) is 6.07 Å². The molecule has 0 unspecified atom stereocenters. The van der Waals surface area contributed by atoms with Gasteiger partial charge in [0.2, 0.25) is 0 Å². The molecule has 0 aliphatic carbocycles. The van der Waals surface area contributed by atoms with Crippen molar-refractivity contribution in [3.05, 3.63) is 41.1 Å². The molecular formula is C12H11NO2. The fourth-order valence-corrected chi connectivity index (χ4v) is 1.89. The van der Waals surface area contributed by atoms with E-state index in [0.29, 0.717) is 5.56 Å². The third-order valence-corrected chi connectivity index (χ3v) is 2.58. The van der Waals surface area contributed by atoms with E-state index in [1.54, 1.807) is 13.1 Å². The number of benzene rings is 1. The first-order chi connectivity index (χ1) is 7.11. The van der Waals surface area contributed by atoms with Gasteiger partial charge < -0.3 is 5.11 Å². The maximum Gasteiger partial charge on any atom is 0.336 e. The van der Waals surface area contributed by atoms with Crippen LogP contribution in [0.25, 0.3) is 10.9 Å². The molecule has 1 aromatic heterocycles. The normalized spacial score (nSPS) is 10.5. The number of nitrogens with zero attached hydrogens (tertiary/aromatic N) is 1. The number of fused-ring (bicyclic) bond motifs is 1. The van der Waals surface area contributed by atoms with Crippen LogP contribution < -0.4 is 0 Å². The Labute approximate surface area is 87.4 Å². The van der Waals surface area contributed by atoms with Crippen molar-refractivity contribution in [2.75, 3.05) is 0 Å². The first kappa shape index (κ1) is 9.65. The zero-order valence-electron chi connectivity index (χ0n) is 8.61. The first-order valence-electron chi connectivity index (χ1n) is 4.69. The summed E-state index contributed by atoms with van der Waals surface area (Å²) in [4.78, 5) is 15.3. The van der Waals surface area contributed by atoms with E-state index < -0.39 is 5.97 Å². The van der Waals surface area contributed by atoms with Crippen LogP contribution in [-0.2, 0) is 0 Å². The standard InChI is InChI=1S/C12H11NO2/c1-7-6-10-9(4-3-5-13-10)8(2)11(7)12(14)15/h3-6H,1-2H3,(H,14,15). The van der Waals surface area contributed by atoms with E-state index in [0.717, 1.165) is 22.0 Å². The van der Waals surface area contributed by atoms with Crippen LogP contribution in [-0.4, -0.2) is 16.1 Å². The fourth-order valence-electron chi connectivity index (χ4n) is 1.89. The van der Waals surface area contributed by atoms with Crippen molar-refractivity contribution < 1.29 is 9.90 Å². The molecule has 3 nitrogen and oxygen atoms in total. The van der Waals surface area contributed by atoms with Gasteiger partial charge in [0.05, 0.1) is 11.1 Å². The molecule has 76 valence electrons. The Balaban J connectivity index is 2.90. The molecule has 1 aromatic carbocycles. The van der Waals surface area contributed by atoms with Gasteiger partial charge in [0, 0.05) is 11.6 Å². The molecular weight excluding hydrogens is 190 g/mol. The Morgan fingerprint density at radius 1 is 1.40 bits per heavy atom. The van der Waals surface area contributed by atoms with Crippen LogP contribution in [0.15, 0.2) is 24.4 Å². The highest BCUT2D eigenvalue weighted by molar-refractivity contribution is 5.98. The molecule has 2 aromatic rings. The lowest BCUT2D eigenvalue weighted by atomic mass is 9.98. The molecule has 0 amide bonds. The molecule has 0 spiro atoms. The Morgan fingerprint density at radius 3 is 2.80 bits per heavy atom. The van der Waals surface area contributed by atoms with Crippen molar-refractivity contribution in [1.82, 2.24) is 4.98 Å². The van der Waals surface area contributed by atoms with Crippen LogP contribution in [0.1, 0.15) is 21.5 Å². The molecule has 1 heterocycles. The molecule has 0 fully saturated rings. The van der Waals surface area contributed by atoms with E-state index in [-0.39, 0.29) is 0 Å². The monoisotopic (exact) mass is 201 g/mol. The Morgan fingerprint density at radius 2 is 2.13 bits per heavy atom. The smallest absolute Gasteiger partial charge is 0.336 e. The zero-order chi connectivity index (χ0) is 11.0. The van der Waals surface area contributed by atoms with Gasteiger partial charge in [0.15, 0.2) is 0 Å². The number of pyridine rings is 1. The molecule has 1 N–H and O–H groups in total. The Bertz CT molecular complexity index is 547. The summed E-state index contributed by atoms with van der Waals surface area (Å²) >= 11 is 0. The molecule has 15 heavy (non-hydrogen) atoms. The molecule has 0 bridgehead atoms. The van der Waals surface area contributed by atoms with Gasteiger partial charge in [-0.15, -0.1) is 0 Å². The van der Waals surface area contributed by atoms with Gasteiger partial charge in [-0.3, -0.25) is 4.98 Å². The lowest BCUT2D eigenvalue weighted by molar-refractivity contribution is 0.0695. The number of rotatable bonds is 1. The number of aryl methyl sites for hydroxylation is 2. The van der Waals surface area contributed by atoms with Gasteiger partial charge in [-0.2, -0.15) is 0 Å². The van der Waals surface area contributed by atoms with Crippen molar-refractivity contribution in [3.63, 3.8) is 0 Å². The Kier molecular flexibility index (Phi) is 2.15. The van der Waals surface area contributed by atoms with E-state index in [2.05, 4.69) is 4.98 Å².